The van der Waals surface area contributed by atoms with E-state index in [-0.39, 0.29) is 49.2 Å². The van der Waals surface area contributed by atoms with Gasteiger partial charge in [0.15, 0.2) is 0 Å². The van der Waals surface area contributed by atoms with Crippen LogP contribution in [0.2, 0.25) is 0 Å². The van der Waals surface area contributed by atoms with Crippen molar-refractivity contribution in [2.75, 3.05) is 6.54 Å². The van der Waals surface area contributed by atoms with E-state index in [0.717, 1.165) is 6.42 Å². The molecule has 4 N–H and O–H groups in total. The van der Waals surface area contributed by atoms with Crippen molar-refractivity contribution in [3.63, 3.8) is 0 Å². The fourth-order valence-corrected chi connectivity index (χ4v) is 9.09. The topological polar surface area (TPSA) is 198 Å². The first-order valence-electron chi connectivity index (χ1n) is 19.4. The molecule has 2 saturated carbocycles. The van der Waals surface area contributed by atoms with Gasteiger partial charge in [-0.2, -0.15) is 0 Å². The zero-order valence-electron chi connectivity index (χ0n) is 32.8. The molecule has 15 nitrogen and oxygen atoms in total. The average Bonchev–Trinajstić information content (AvgIpc) is 3.99. The number of nitrogens with zero attached hydrogens (tertiary/aromatic N) is 3. The Bertz CT molecular complexity index is 2060. The molecule has 300 valence electrons. The van der Waals surface area contributed by atoms with Crippen LogP contribution in [-0.4, -0.2) is 87.4 Å². The summed E-state index contributed by atoms with van der Waals surface area (Å²) in [4.78, 5) is 71.0. The van der Waals surface area contributed by atoms with E-state index < -0.39 is 73.7 Å². The number of carbonyl (C=O) groups excluding carboxylic acids is 4. The number of hydrogen-bond donors (Lipinski definition) is 4. The summed E-state index contributed by atoms with van der Waals surface area (Å²) in [6.07, 6.45) is 6.14. The van der Waals surface area contributed by atoms with Crippen molar-refractivity contribution >= 4 is 44.5 Å². The van der Waals surface area contributed by atoms with Crippen molar-refractivity contribution in [3.8, 4) is 5.88 Å². The number of amides is 5. The van der Waals surface area contributed by atoms with Crippen LogP contribution in [0.25, 0.3) is 10.8 Å². The third-order valence-corrected chi connectivity index (χ3v) is 13.6. The summed E-state index contributed by atoms with van der Waals surface area (Å²) in [6.45, 7) is 13.1. The fourth-order valence-electron chi connectivity index (χ4n) is 7.78. The maximum Gasteiger partial charge on any atom is 0.315 e. The minimum Gasteiger partial charge on any atom is -0.471 e. The van der Waals surface area contributed by atoms with E-state index in [1.165, 1.54) is 9.58 Å². The van der Waals surface area contributed by atoms with Crippen LogP contribution in [0.5, 0.6) is 5.88 Å². The monoisotopic (exact) mass is 781 g/mol. The van der Waals surface area contributed by atoms with Gasteiger partial charge in [-0.25, -0.2) is 17.9 Å². The average molecular weight is 782 g/mol. The smallest absolute Gasteiger partial charge is 0.315 e. The number of fused-ring (bicyclic) bond motifs is 3. The number of benzene rings is 1. The van der Waals surface area contributed by atoms with Crippen molar-refractivity contribution in [1.29, 1.82) is 0 Å². The second-order valence-corrected chi connectivity index (χ2v) is 19.5. The molecule has 0 unspecified atom stereocenters. The molecule has 1 saturated heterocycles. The second-order valence-electron chi connectivity index (χ2n) is 17.3. The second kappa shape index (κ2) is 14.9. The maximum atomic E-state index is 14.8. The van der Waals surface area contributed by atoms with E-state index in [2.05, 4.69) is 32.7 Å². The van der Waals surface area contributed by atoms with Gasteiger partial charge in [0.25, 0.3) is 11.5 Å². The molecule has 3 heterocycles. The lowest BCUT2D eigenvalue weighted by Gasteiger charge is -2.33. The molecule has 2 aromatic rings. The van der Waals surface area contributed by atoms with Crippen LogP contribution in [0.3, 0.4) is 0 Å². The molecule has 2 aliphatic heterocycles. The van der Waals surface area contributed by atoms with Crippen molar-refractivity contribution in [2.45, 2.75) is 134 Å². The van der Waals surface area contributed by atoms with E-state index in [4.69, 9.17) is 4.74 Å². The number of urea groups is 1. The van der Waals surface area contributed by atoms with Gasteiger partial charge in [-0.3, -0.25) is 23.9 Å². The molecule has 1 aromatic carbocycles. The Balaban J connectivity index is 1.37. The SMILES string of the molecule is CCn1nc(O[C@@H]2C[C@H]3C(=O)N[C@]4(C(=O)NS(=O)(=O)C5(C)CC5)C[C@H]4C=CCC[C@@H](C)C[C@@H](C)[C@H](NC(=O)NC(C)(C)C)C(=O)N3C2)c2ccccc2c1=O. The lowest BCUT2D eigenvalue weighted by Crippen LogP contribution is -2.60. The highest BCUT2D eigenvalue weighted by molar-refractivity contribution is 7.91. The summed E-state index contributed by atoms with van der Waals surface area (Å²) in [7, 11) is -4.01. The molecule has 6 rings (SSSR count). The molecule has 5 amide bonds. The molecule has 0 radical (unpaired) electrons. The minimum atomic E-state index is -4.01. The van der Waals surface area contributed by atoms with Crippen LogP contribution in [0.1, 0.15) is 93.4 Å². The number of rotatable bonds is 7. The van der Waals surface area contributed by atoms with Crippen molar-refractivity contribution in [1.82, 2.24) is 35.4 Å². The zero-order valence-corrected chi connectivity index (χ0v) is 33.6. The molecule has 0 bridgehead atoms. The number of carbonyl (C=O) groups is 4. The molecule has 2 aliphatic carbocycles. The first-order valence-corrected chi connectivity index (χ1v) is 20.9. The Morgan fingerprint density at radius 2 is 1.76 bits per heavy atom. The molecular weight excluding hydrogens is 727 g/mol. The third-order valence-electron chi connectivity index (χ3n) is 11.4. The maximum absolute atomic E-state index is 14.8. The molecule has 0 spiro atoms. The summed E-state index contributed by atoms with van der Waals surface area (Å²) in [5, 5.41) is 14.0. The standard InChI is InChI=1S/C39H55N7O8S/c1-8-46-33(48)28-16-12-11-15-27(28)32(43-46)54-26-20-29-31(47)41-39(35(50)44-55(52,53)38(7)17-18-38)21-25(39)14-10-9-13-23(2)19-24(3)30(34(49)45(29)22-26)40-36(51)42-37(4,5)6/h10-12,14-16,23-26,29-30H,8-9,13,17-22H2,1-7H3,(H,41,47)(H,44,50)(H2,40,42,51)/t23-,24-,25-,26-,29+,30+,39-/m1/s1. The van der Waals surface area contributed by atoms with E-state index in [1.54, 1.807) is 38.1 Å². The quantitative estimate of drug-likeness (QED) is 0.305. The predicted octanol–water partition coefficient (Wildman–Crippen LogP) is 3.12. The van der Waals surface area contributed by atoms with E-state index >= 15 is 0 Å². The summed E-state index contributed by atoms with van der Waals surface area (Å²) < 4.78 is 35.3. The van der Waals surface area contributed by atoms with Crippen LogP contribution >= 0.6 is 0 Å². The summed E-state index contributed by atoms with van der Waals surface area (Å²) in [5.74, 6) is -2.42. The molecular formula is C39H55N7O8S. The normalized spacial score (nSPS) is 29.5. The van der Waals surface area contributed by atoms with Crippen molar-refractivity contribution in [2.24, 2.45) is 17.8 Å². The van der Waals surface area contributed by atoms with Gasteiger partial charge in [-0.15, -0.1) is 5.10 Å². The highest BCUT2D eigenvalue weighted by Gasteiger charge is 2.63. The third kappa shape index (κ3) is 8.38. The number of sulfonamides is 1. The number of hydrogen-bond acceptors (Lipinski definition) is 9. The highest BCUT2D eigenvalue weighted by atomic mass is 32.2. The van der Waals surface area contributed by atoms with Gasteiger partial charge in [0, 0.05) is 24.4 Å². The Morgan fingerprint density at radius 3 is 2.42 bits per heavy atom. The molecule has 55 heavy (non-hydrogen) atoms. The molecule has 4 aliphatic rings. The van der Waals surface area contributed by atoms with Gasteiger partial charge in [-0.05, 0) is 97.1 Å². The number of ether oxygens (including phenoxy) is 1. The summed E-state index contributed by atoms with van der Waals surface area (Å²) in [6, 6.07) is 4.22. The van der Waals surface area contributed by atoms with Gasteiger partial charge < -0.3 is 25.6 Å². The molecule has 1 aromatic heterocycles. The largest absolute Gasteiger partial charge is 0.471 e. The lowest BCUT2D eigenvalue weighted by atomic mass is 9.88. The van der Waals surface area contributed by atoms with Crippen LogP contribution in [0, 0.1) is 17.8 Å². The summed E-state index contributed by atoms with van der Waals surface area (Å²) in [5.41, 5.74) is -2.41. The van der Waals surface area contributed by atoms with Gasteiger partial charge in [0.2, 0.25) is 27.7 Å². The molecule has 3 fully saturated rings. The molecule has 7 atom stereocenters. The summed E-state index contributed by atoms with van der Waals surface area (Å²) >= 11 is 0. The van der Waals surface area contributed by atoms with Gasteiger partial charge in [0.1, 0.15) is 23.7 Å². The Labute approximate surface area is 322 Å². The van der Waals surface area contributed by atoms with Crippen LogP contribution in [0.15, 0.2) is 41.2 Å². The van der Waals surface area contributed by atoms with E-state index in [1.807, 2.05) is 39.8 Å². The number of allylic oxidation sites excluding steroid dienone is 1. The first kappa shape index (κ1) is 40.2. The highest BCUT2D eigenvalue weighted by Crippen LogP contribution is 2.47. The van der Waals surface area contributed by atoms with Crippen LogP contribution in [0.4, 0.5) is 4.79 Å². The van der Waals surface area contributed by atoms with Crippen LogP contribution in [-0.2, 0) is 31.0 Å². The number of nitrogens with one attached hydrogen (secondary N) is 4. The Kier molecular flexibility index (Phi) is 10.9. The van der Waals surface area contributed by atoms with E-state index in [0.29, 0.717) is 36.5 Å². The van der Waals surface area contributed by atoms with Crippen molar-refractivity contribution < 1.29 is 32.3 Å². The zero-order chi connectivity index (χ0) is 40.1. The number of aryl methyl sites for hydroxylation is 1. The fraction of sp³-hybridized carbons (Fsp3) is 0.641. The first-order chi connectivity index (χ1) is 25.8. The minimum absolute atomic E-state index is 0.000895. The van der Waals surface area contributed by atoms with Crippen molar-refractivity contribution in [3.05, 3.63) is 46.8 Å². The Morgan fingerprint density at radius 1 is 1.07 bits per heavy atom. The van der Waals surface area contributed by atoms with E-state index in [9.17, 15) is 32.4 Å². The van der Waals surface area contributed by atoms with Gasteiger partial charge in [-0.1, -0.05) is 38.1 Å². The van der Waals surface area contributed by atoms with Gasteiger partial charge >= 0.3 is 6.03 Å². The number of aromatic nitrogens is 2. The van der Waals surface area contributed by atoms with Gasteiger partial charge in [0.05, 0.1) is 22.1 Å². The van der Waals surface area contributed by atoms with Crippen LogP contribution < -0.4 is 31.0 Å². The molecule has 16 heteroatoms. The Hall–Kier alpha value is -4.47. The predicted molar refractivity (Wildman–Crippen MR) is 206 cm³/mol. The lowest BCUT2D eigenvalue weighted by molar-refractivity contribution is -0.142.